The van der Waals surface area contributed by atoms with Gasteiger partial charge in [-0.05, 0) is 149 Å². The summed E-state index contributed by atoms with van der Waals surface area (Å²) in [6.07, 6.45) is 19.3. The van der Waals surface area contributed by atoms with Crippen molar-refractivity contribution in [1.29, 1.82) is 0 Å². The number of hydrogen-bond acceptors (Lipinski definition) is 12. The second-order valence-corrected chi connectivity index (χ2v) is 22.9. The Hall–Kier alpha value is -6.28. The van der Waals surface area contributed by atoms with Crippen LogP contribution in [0.1, 0.15) is 106 Å². The fourth-order valence-corrected chi connectivity index (χ4v) is 14.1. The van der Waals surface area contributed by atoms with E-state index in [4.69, 9.17) is 21.1 Å². The standard InChI is InChI=1S/C57H61F2N9O5/c1-3-39-44(58)10-5-34-22-38(69)24-42(47(34)39)50-49(59)51-43(27-60-50)52(68-28-35-6-7-36(29-68)61-35)64-55(63-51)73-31-57(14-15-57)30-66-20-16-56(17-21-66)25-37(26-56)67-18-12-32(13-19-67)33-4-8-40-45(23-33)65(2)54(72)48(40)41-9-11-46(70)62-53(41)71/h1,4-5,8,10,22-24,27,32,35-37,41,48,61,69H,6-7,9,11-21,25-26,28-31H2,2H3,(H,62,70,71). The lowest BCUT2D eigenvalue weighted by Crippen LogP contribution is -2.56. The molecule has 8 aliphatic rings. The number of phenolic OH excluding ortho intramolecular Hbond substituents is 1. The Labute approximate surface area is 423 Å². The van der Waals surface area contributed by atoms with Crippen molar-refractivity contribution >= 4 is 50.9 Å². The quantitative estimate of drug-likeness (QED) is 0.0962. The van der Waals surface area contributed by atoms with Crippen LogP contribution in [0.15, 0.2) is 48.7 Å². The minimum atomic E-state index is -0.721. The summed E-state index contributed by atoms with van der Waals surface area (Å²) in [5, 5.41) is 18.0. The van der Waals surface area contributed by atoms with E-state index in [1.807, 2.05) is 0 Å². The SMILES string of the molecule is C#Cc1c(F)ccc2cc(O)cc(-c3ncc4c(N5CC6CCC(C5)N6)nc(OCC5(CN6CCC7(CC6)CC(N6CCC(c8ccc9c(c8)N(C)C(=O)C9C8CCC(=O)NC8=O)CC6)C7)CC5)nc4c3F)c12. The van der Waals surface area contributed by atoms with Gasteiger partial charge in [-0.3, -0.25) is 24.7 Å². The van der Waals surface area contributed by atoms with Gasteiger partial charge in [0.1, 0.15) is 28.6 Å². The number of nitrogens with one attached hydrogen (secondary N) is 2. The van der Waals surface area contributed by atoms with Gasteiger partial charge < -0.3 is 34.8 Å². The molecule has 13 rings (SSSR count). The first-order valence-electron chi connectivity index (χ1n) is 26.5. The molecule has 1 spiro atoms. The fraction of sp³-hybridized carbons (Fsp3) is 0.509. The number of pyridine rings is 1. The van der Waals surface area contributed by atoms with Crippen LogP contribution in [0.2, 0.25) is 0 Å². The number of phenols is 1. The number of likely N-dealkylation sites (N-methyl/N-ethyl adjacent to an activating group) is 1. The lowest BCUT2D eigenvalue weighted by atomic mass is 9.59. The van der Waals surface area contributed by atoms with Crippen LogP contribution < -0.4 is 25.2 Å². The molecule has 3 aromatic carbocycles. The molecular formula is C57H61F2N9O5. The molecule has 16 heteroatoms. The summed E-state index contributed by atoms with van der Waals surface area (Å²) in [5.74, 6) is 0.208. The van der Waals surface area contributed by atoms with Crippen molar-refractivity contribution in [2.75, 3.05) is 69.3 Å². The predicted molar refractivity (Wildman–Crippen MR) is 272 cm³/mol. The summed E-state index contributed by atoms with van der Waals surface area (Å²) >= 11 is 0. The maximum atomic E-state index is 17.2. The van der Waals surface area contributed by atoms with E-state index in [0.29, 0.717) is 72.2 Å². The third-order valence-electron chi connectivity index (χ3n) is 18.4. The summed E-state index contributed by atoms with van der Waals surface area (Å²) in [7, 11) is 1.80. The third-order valence-corrected chi connectivity index (χ3v) is 18.4. The molecule has 2 saturated carbocycles. The monoisotopic (exact) mass is 989 g/mol. The minimum absolute atomic E-state index is 0.0270. The normalized spacial score (nSPS) is 26.1. The lowest BCUT2D eigenvalue weighted by Gasteiger charge is -2.56. The van der Waals surface area contributed by atoms with Gasteiger partial charge in [-0.1, -0.05) is 24.1 Å². The topological polar surface area (TPSA) is 156 Å². The Morgan fingerprint density at radius 3 is 2.41 bits per heavy atom. The predicted octanol–water partition coefficient (Wildman–Crippen LogP) is 7.15. The lowest BCUT2D eigenvalue weighted by molar-refractivity contribution is -0.139. The number of carbonyl (C=O) groups is 3. The van der Waals surface area contributed by atoms with Gasteiger partial charge in [-0.2, -0.15) is 9.97 Å². The van der Waals surface area contributed by atoms with Crippen molar-refractivity contribution in [3.63, 3.8) is 0 Å². The third kappa shape index (κ3) is 8.17. The summed E-state index contributed by atoms with van der Waals surface area (Å²) in [4.78, 5) is 61.5. The number of amides is 3. The summed E-state index contributed by atoms with van der Waals surface area (Å²) < 4.78 is 38.8. The Balaban J connectivity index is 0.647. The Morgan fingerprint density at radius 2 is 1.68 bits per heavy atom. The van der Waals surface area contributed by atoms with Crippen molar-refractivity contribution in [2.45, 2.75) is 107 Å². The Bertz CT molecular complexity index is 3140. The van der Waals surface area contributed by atoms with Gasteiger partial charge in [0.25, 0.3) is 0 Å². The number of fused-ring (bicyclic) bond motifs is 5. The van der Waals surface area contributed by atoms with E-state index >= 15 is 8.78 Å². The number of rotatable bonds is 10. The summed E-state index contributed by atoms with van der Waals surface area (Å²) in [6, 6.07) is 13.3. The number of halogens is 2. The van der Waals surface area contributed by atoms with E-state index in [-0.39, 0.29) is 69.0 Å². The molecule has 6 aliphatic heterocycles. The van der Waals surface area contributed by atoms with Gasteiger partial charge in [-0.15, -0.1) is 6.42 Å². The first kappa shape index (κ1) is 46.5. The zero-order valence-corrected chi connectivity index (χ0v) is 41.3. The number of nitrogens with zero attached hydrogens (tertiary/aromatic N) is 7. The maximum absolute atomic E-state index is 17.2. The second kappa shape index (κ2) is 17.7. The number of carbonyl (C=O) groups excluding carboxylic acids is 3. The zero-order valence-electron chi connectivity index (χ0n) is 41.3. The van der Waals surface area contributed by atoms with Crippen molar-refractivity contribution in [3.05, 3.63) is 77.0 Å². The van der Waals surface area contributed by atoms with Crippen LogP contribution in [0, 0.1) is 40.7 Å². The summed E-state index contributed by atoms with van der Waals surface area (Å²) in [6.45, 7) is 7.05. The van der Waals surface area contributed by atoms with Crippen molar-refractivity contribution in [2.24, 2.45) is 16.7 Å². The number of hydrogen-bond donors (Lipinski definition) is 3. The van der Waals surface area contributed by atoms with Gasteiger partial charge in [0.2, 0.25) is 17.7 Å². The van der Waals surface area contributed by atoms with E-state index < -0.39 is 23.5 Å². The molecular weight excluding hydrogens is 929 g/mol. The van der Waals surface area contributed by atoms with E-state index in [1.54, 1.807) is 18.1 Å². The van der Waals surface area contributed by atoms with Crippen LogP contribution in [0.25, 0.3) is 32.9 Å². The molecule has 2 aliphatic carbocycles. The highest BCUT2D eigenvalue weighted by Crippen LogP contribution is 2.54. The number of ether oxygens (including phenoxy) is 1. The zero-order chi connectivity index (χ0) is 49.9. The van der Waals surface area contributed by atoms with Crippen LogP contribution in [-0.2, 0) is 14.4 Å². The van der Waals surface area contributed by atoms with E-state index in [2.05, 4.69) is 54.4 Å². The van der Waals surface area contributed by atoms with Gasteiger partial charge in [0.15, 0.2) is 5.82 Å². The number of anilines is 2. The van der Waals surface area contributed by atoms with Gasteiger partial charge in [0.05, 0.1) is 29.4 Å². The molecule has 14 nitrogen and oxygen atoms in total. The number of piperidine rings is 3. The number of imide groups is 1. The molecule has 5 saturated heterocycles. The van der Waals surface area contributed by atoms with Crippen LogP contribution in [0.4, 0.5) is 20.3 Å². The van der Waals surface area contributed by atoms with Crippen LogP contribution >= 0.6 is 0 Å². The first-order valence-corrected chi connectivity index (χ1v) is 26.5. The Morgan fingerprint density at radius 1 is 0.918 bits per heavy atom. The second-order valence-electron chi connectivity index (χ2n) is 22.9. The molecule has 3 amide bonds. The number of piperazine rings is 1. The van der Waals surface area contributed by atoms with Crippen LogP contribution in [0.3, 0.4) is 0 Å². The van der Waals surface area contributed by atoms with Crippen molar-refractivity contribution in [1.82, 2.24) is 35.4 Å². The van der Waals surface area contributed by atoms with Gasteiger partial charge >= 0.3 is 6.01 Å². The molecule has 73 heavy (non-hydrogen) atoms. The number of aromatic hydroxyl groups is 1. The number of benzene rings is 3. The van der Waals surface area contributed by atoms with Crippen LogP contribution in [-0.4, -0.2) is 125 Å². The van der Waals surface area contributed by atoms with E-state index in [1.165, 1.54) is 55.5 Å². The summed E-state index contributed by atoms with van der Waals surface area (Å²) in [5.41, 5.74) is 3.52. The fourth-order valence-electron chi connectivity index (χ4n) is 14.1. The molecule has 4 unspecified atom stereocenters. The average Bonchev–Trinajstić information content (AvgIpc) is 4.00. The van der Waals surface area contributed by atoms with Crippen molar-refractivity contribution in [3.8, 4) is 35.4 Å². The number of aromatic nitrogens is 3. The smallest absolute Gasteiger partial charge is 0.319 e. The molecule has 2 bridgehead atoms. The van der Waals surface area contributed by atoms with E-state index in [0.717, 1.165) is 82.5 Å². The largest absolute Gasteiger partial charge is 0.508 e. The number of likely N-dealkylation sites (tertiary alicyclic amines) is 2. The maximum Gasteiger partial charge on any atom is 0.319 e. The minimum Gasteiger partial charge on any atom is -0.508 e. The molecule has 3 N–H and O–H groups in total. The van der Waals surface area contributed by atoms with Crippen molar-refractivity contribution < 1.29 is 33.0 Å². The molecule has 378 valence electrons. The van der Waals surface area contributed by atoms with Crippen LogP contribution in [0.5, 0.6) is 11.8 Å². The highest BCUT2D eigenvalue weighted by Gasteiger charge is 2.51. The highest BCUT2D eigenvalue weighted by molar-refractivity contribution is 6.09. The van der Waals surface area contributed by atoms with Gasteiger partial charge in [0, 0.05) is 79.5 Å². The first-order chi connectivity index (χ1) is 35.3. The molecule has 4 atom stereocenters. The number of terminal acetylenes is 1. The molecule has 7 fully saturated rings. The molecule has 2 aromatic heterocycles. The molecule has 0 radical (unpaired) electrons. The van der Waals surface area contributed by atoms with E-state index in [9.17, 15) is 19.5 Å². The Kier molecular flexibility index (Phi) is 11.3. The molecule has 8 heterocycles. The highest BCUT2D eigenvalue weighted by atomic mass is 19.1. The average molecular weight is 990 g/mol. The molecule has 5 aromatic rings. The van der Waals surface area contributed by atoms with Gasteiger partial charge in [-0.25, -0.2) is 8.78 Å².